The highest BCUT2D eigenvalue weighted by molar-refractivity contribution is 5.82. The van der Waals surface area contributed by atoms with Crippen molar-refractivity contribution in [2.75, 3.05) is 13.6 Å². The molecule has 110 valence electrons. The number of rotatable bonds is 6. The Bertz CT molecular complexity index is 407. The van der Waals surface area contributed by atoms with E-state index in [1.54, 1.807) is 0 Å². The smallest absolute Gasteiger partial charge is 0.151 e. The van der Waals surface area contributed by atoms with Crippen molar-refractivity contribution in [3.8, 4) is 0 Å². The van der Waals surface area contributed by atoms with Crippen molar-refractivity contribution >= 4 is 5.78 Å². The van der Waals surface area contributed by atoms with E-state index in [0.29, 0.717) is 24.8 Å². The van der Waals surface area contributed by atoms with E-state index in [9.17, 15) is 4.79 Å². The highest BCUT2D eigenvalue weighted by atomic mass is 16.1. The lowest BCUT2D eigenvalue weighted by Crippen LogP contribution is -2.38. The molecular weight excluding hydrogens is 246 g/mol. The van der Waals surface area contributed by atoms with Gasteiger partial charge in [-0.25, -0.2) is 0 Å². The zero-order chi connectivity index (χ0) is 14.4. The first-order chi connectivity index (χ1) is 9.69. The number of carbonyl (C=O) groups is 1. The Kier molecular flexibility index (Phi) is 5.78. The molecule has 0 saturated heterocycles. The van der Waals surface area contributed by atoms with Gasteiger partial charge in [0.25, 0.3) is 0 Å². The van der Waals surface area contributed by atoms with Crippen LogP contribution in [0.15, 0.2) is 30.3 Å². The summed E-state index contributed by atoms with van der Waals surface area (Å²) in [5, 5.41) is 0. The highest BCUT2D eigenvalue weighted by Crippen LogP contribution is 2.28. The normalized spacial score (nSPS) is 22.9. The maximum absolute atomic E-state index is 12.1. The second-order valence-electron chi connectivity index (χ2n) is 6.20. The molecule has 1 fully saturated rings. The number of carbonyl (C=O) groups excluding carboxylic acids is 1. The highest BCUT2D eigenvalue weighted by Gasteiger charge is 2.23. The first-order valence-corrected chi connectivity index (χ1v) is 7.95. The molecule has 0 unspecified atom stereocenters. The first kappa shape index (κ1) is 15.2. The third kappa shape index (κ3) is 4.45. The molecule has 1 aliphatic rings. The quantitative estimate of drug-likeness (QED) is 0.787. The zero-order valence-electron chi connectivity index (χ0n) is 12.8. The largest absolute Gasteiger partial charge is 0.298 e. The molecule has 0 radical (unpaired) electrons. The van der Waals surface area contributed by atoms with E-state index < -0.39 is 0 Å². The van der Waals surface area contributed by atoms with Crippen LogP contribution in [-0.2, 0) is 11.2 Å². The molecule has 0 aromatic heterocycles. The average Bonchev–Trinajstić information content (AvgIpc) is 2.48. The van der Waals surface area contributed by atoms with Crippen molar-refractivity contribution in [1.82, 2.24) is 4.90 Å². The van der Waals surface area contributed by atoms with Crippen LogP contribution in [0.5, 0.6) is 0 Å². The van der Waals surface area contributed by atoms with E-state index >= 15 is 0 Å². The van der Waals surface area contributed by atoms with Gasteiger partial charge >= 0.3 is 0 Å². The average molecular weight is 273 g/mol. The predicted octanol–water partition coefficient (Wildman–Crippen LogP) is 3.70. The van der Waals surface area contributed by atoms with Crippen molar-refractivity contribution in [2.45, 2.75) is 51.5 Å². The summed E-state index contributed by atoms with van der Waals surface area (Å²) >= 11 is 0. The van der Waals surface area contributed by atoms with Crippen LogP contribution in [-0.4, -0.2) is 30.3 Å². The van der Waals surface area contributed by atoms with Gasteiger partial charge in [-0.3, -0.25) is 9.69 Å². The fourth-order valence-corrected chi connectivity index (χ4v) is 3.28. The molecule has 1 saturated carbocycles. The van der Waals surface area contributed by atoms with Crippen molar-refractivity contribution < 1.29 is 4.79 Å². The molecule has 0 bridgehead atoms. The SMILES string of the molecule is CCC1CCC(N(C)CC(=O)Cc2ccccc2)CC1. The van der Waals surface area contributed by atoms with Gasteiger partial charge in [-0.1, -0.05) is 43.7 Å². The van der Waals surface area contributed by atoms with Gasteiger partial charge in [0.15, 0.2) is 5.78 Å². The molecule has 0 atom stereocenters. The summed E-state index contributed by atoms with van der Waals surface area (Å²) in [6.07, 6.45) is 7.05. The summed E-state index contributed by atoms with van der Waals surface area (Å²) < 4.78 is 0. The summed E-state index contributed by atoms with van der Waals surface area (Å²) in [6, 6.07) is 10.7. The Hall–Kier alpha value is -1.15. The summed E-state index contributed by atoms with van der Waals surface area (Å²) in [6.45, 7) is 2.88. The number of nitrogens with zero attached hydrogens (tertiary/aromatic N) is 1. The molecule has 2 nitrogen and oxygen atoms in total. The molecule has 20 heavy (non-hydrogen) atoms. The van der Waals surface area contributed by atoms with Crippen molar-refractivity contribution in [2.24, 2.45) is 5.92 Å². The minimum atomic E-state index is 0.330. The second-order valence-corrected chi connectivity index (χ2v) is 6.20. The van der Waals surface area contributed by atoms with Gasteiger partial charge in [0.05, 0.1) is 6.54 Å². The zero-order valence-corrected chi connectivity index (χ0v) is 12.8. The lowest BCUT2D eigenvalue weighted by atomic mass is 9.84. The minimum absolute atomic E-state index is 0.330. The van der Waals surface area contributed by atoms with E-state index in [1.807, 2.05) is 30.3 Å². The van der Waals surface area contributed by atoms with Crippen LogP contribution in [0.25, 0.3) is 0 Å². The minimum Gasteiger partial charge on any atom is -0.298 e. The number of hydrogen-bond acceptors (Lipinski definition) is 2. The van der Waals surface area contributed by atoms with Crippen LogP contribution in [0.3, 0.4) is 0 Å². The second kappa shape index (κ2) is 7.58. The summed E-state index contributed by atoms with van der Waals surface area (Å²) in [5.74, 6) is 1.25. The monoisotopic (exact) mass is 273 g/mol. The fourth-order valence-electron chi connectivity index (χ4n) is 3.28. The van der Waals surface area contributed by atoms with Gasteiger partial charge in [-0.05, 0) is 44.2 Å². The third-order valence-electron chi connectivity index (χ3n) is 4.69. The molecule has 1 aliphatic carbocycles. The standard InChI is InChI=1S/C18H27NO/c1-3-15-9-11-17(12-10-15)19(2)14-18(20)13-16-7-5-4-6-8-16/h4-8,15,17H,3,9-14H2,1-2H3. The van der Waals surface area contributed by atoms with Crippen LogP contribution >= 0.6 is 0 Å². The van der Waals surface area contributed by atoms with Crippen LogP contribution < -0.4 is 0 Å². The molecule has 2 rings (SSSR count). The van der Waals surface area contributed by atoms with E-state index in [1.165, 1.54) is 32.1 Å². The Morgan fingerprint density at radius 1 is 1.15 bits per heavy atom. The van der Waals surface area contributed by atoms with E-state index in [-0.39, 0.29) is 0 Å². The summed E-state index contributed by atoms with van der Waals surface area (Å²) in [5.41, 5.74) is 1.13. The van der Waals surface area contributed by atoms with Gasteiger partial charge < -0.3 is 0 Å². The van der Waals surface area contributed by atoms with Gasteiger partial charge in [0.2, 0.25) is 0 Å². The third-order valence-corrected chi connectivity index (χ3v) is 4.69. The lowest BCUT2D eigenvalue weighted by molar-refractivity contribution is -0.119. The Balaban J connectivity index is 1.77. The lowest BCUT2D eigenvalue weighted by Gasteiger charge is -2.34. The Morgan fingerprint density at radius 2 is 1.80 bits per heavy atom. The number of hydrogen-bond donors (Lipinski definition) is 0. The molecule has 1 aromatic carbocycles. The van der Waals surface area contributed by atoms with Crippen LogP contribution in [0, 0.1) is 5.92 Å². The van der Waals surface area contributed by atoms with E-state index in [4.69, 9.17) is 0 Å². The molecule has 0 N–H and O–H groups in total. The molecular formula is C18H27NO. The predicted molar refractivity (Wildman–Crippen MR) is 83.8 cm³/mol. The van der Waals surface area contributed by atoms with Gasteiger partial charge in [0, 0.05) is 12.5 Å². The number of ketones is 1. The maximum atomic E-state index is 12.1. The Labute approximate surface area is 123 Å². The fraction of sp³-hybridized carbons (Fsp3) is 0.611. The van der Waals surface area contributed by atoms with Crippen molar-refractivity contribution in [1.29, 1.82) is 0 Å². The molecule has 1 aromatic rings. The van der Waals surface area contributed by atoms with Crippen molar-refractivity contribution in [3.63, 3.8) is 0 Å². The number of benzene rings is 1. The Morgan fingerprint density at radius 3 is 2.40 bits per heavy atom. The molecule has 0 amide bonds. The summed E-state index contributed by atoms with van der Waals surface area (Å²) in [4.78, 5) is 14.4. The van der Waals surface area contributed by atoms with Crippen LogP contribution in [0.2, 0.25) is 0 Å². The topological polar surface area (TPSA) is 20.3 Å². The number of likely N-dealkylation sites (N-methyl/N-ethyl adjacent to an activating group) is 1. The molecule has 0 aliphatic heterocycles. The summed E-state index contributed by atoms with van der Waals surface area (Å²) in [7, 11) is 2.11. The molecule has 0 heterocycles. The molecule has 2 heteroatoms. The van der Waals surface area contributed by atoms with Crippen LogP contribution in [0.1, 0.15) is 44.6 Å². The van der Waals surface area contributed by atoms with Crippen molar-refractivity contribution in [3.05, 3.63) is 35.9 Å². The van der Waals surface area contributed by atoms with E-state index in [0.717, 1.165) is 11.5 Å². The molecule has 0 spiro atoms. The van der Waals surface area contributed by atoms with Crippen LogP contribution in [0.4, 0.5) is 0 Å². The maximum Gasteiger partial charge on any atom is 0.151 e. The first-order valence-electron chi connectivity index (χ1n) is 7.95. The van der Waals surface area contributed by atoms with Gasteiger partial charge in [0.1, 0.15) is 0 Å². The number of Topliss-reactive ketones (excluding diaryl/α,β-unsaturated/α-hetero) is 1. The van der Waals surface area contributed by atoms with E-state index in [2.05, 4.69) is 18.9 Å². The van der Waals surface area contributed by atoms with Gasteiger partial charge in [-0.2, -0.15) is 0 Å². The van der Waals surface area contributed by atoms with Gasteiger partial charge in [-0.15, -0.1) is 0 Å².